The first kappa shape index (κ1) is 10.7. The van der Waals surface area contributed by atoms with E-state index in [9.17, 15) is 9.59 Å². The van der Waals surface area contributed by atoms with Crippen LogP contribution < -0.4 is 0 Å². The molecule has 0 aromatic heterocycles. The number of rotatable bonds is 2. The molecule has 0 unspecified atom stereocenters. The SMILES string of the molecule is CN(C)C(=O)[Te]C(=O)N(C)C. The summed E-state index contributed by atoms with van der Waals surface area (Å²) in [5, 5.41) is 0. The number of nitrogens with zero attached hydrogens (tertiary/aromatic N) is 2. The Morgan fingerprint density at radius 1 is 0.909 bits per heavy atom. The number of amides is 2. The minimum absolute atomic E-state index is 0.0332. The number of carbonyl (C=O) groups is 2. The molecule has 4 nitrogen and oxygen atoms in total. The van der Waals surface area contributed by atoms with E-state index in [1.54, 1.807) is 28.2 Å². The molecule has 0 heterocycles. The monoisotopic (exact) mass is 274 g/mol. The van der Waals surface area contributed by atoms with Gasteiger partial charge in [0, 0.05) is 0 Å². The standard InChI is InChI=1S/C6H12N2O2Te/c1-7(2)5(9)11-6(10)8(3)4/h1-4H3. The van der Waals surface area contributed by atoms with Gasteiger partial charge >= 0.3 is 76.4 Å². The van der Waals surface area contributed by atoms with Crippen LogP contribution in [0.4, 0.5) is 9.59 Å². The zero-order valence-electron chi connectivity index (χ0n) is 7.12. The number of hydrogen-bond acceptors (Lipinski definition) is 2. The third kappa shape index (κ3) is 4.23. The summed E-state index contributed by atoms with van der Waals surface area (Å²) in [4.78, 5) is 24.9. The second-order valence-corrected chi connectivity index (χ2v) is 5.00. The van der Waals surface area contributed by atoms with Crippen molar-refractivity contribution in [2.45, 2.75) is 0 Å². The Hall–Kier alpha value is -0.270. The Labute approximate surface area is 76.6 Å². The van der Waals surface area contributed by atoms with E-state index in [4.69, 9.17) is 0 Å². The van der Waals surface area contributed by atoms with Gasteiger partial charge in [0.2, 0.25) is 0 Å². The van der Waals surface area contributed by atoms with Crippen molar-refractivity contribution in [3.63, 3.8) is 0 Å². The topological polar surface area (TPSA) is 40.6 Å². The molecule has 11 heavy (non-hydrogen) atoms. The fourth-order valence-corrected chi connectivity index (χ4v) is 1.73. The molecule has 0 radical (unpaired) electrons. The van der Waals surface area contributed by atoms with E-state index in [1.807, 2.05) is 0 Å². The molecule has 0 aliphatic rings. The molecule has 0 aromatic rings. The van der Waals surface area contributed by atoms with Crippen LogP contribution in [0.2, 0.25) is 0 Å². The molecule has 5 heteroatoms. The Morgan fingerprint density at radius 2 is 1.18 bits per heavy atom. The summed E-state index contributed by atoms with van der Waals surface area (Å²) in [6, 6.07) is 0. The van der Waals surface area contributed by atoms with Crippen molar-refractivity contribution < 1.29 is 9.59 Å². The van der Waals surface area contributed by atoms with Gasteiger partial charge in [-0.2, -0.15) is 0 Å². The van der Waals surface area contributed by atoms with Gasteiger partial charge in [-0.3, -0.25) is 0 Å². The molecule has 0 fully saturated rings. The Balaban J connectivity index is 3.86. The summed E-state index contributed by atoms with van der Waals surface area (Å²) in [6.45, 7) is 0. The molecule has 0 rings (SSSR count). The normalized spacial score (nSPS) is 9.09. The van der Waals surface area contributed by atoms with Crippen LogP contribution in [0, 0.1) is 0 Å². The summed E-state index contributed by atoms with van der Waals surface area (Å²) in [5.41, 5.74) is 0. The first-order chi connectivity index (χ1) is 4.95. The van der Waals surface area contributed by atoms with Crippen molar-refractivity contribution in [3.8, 4) is 0 Å². The molecule has 0 aliphatic heterocycles. The van der Waals surface area contributed by atoms with E-state index in [0.29, 0.717) is 0 Å². The van der Waals surface area contributed by atoms with E-state index < -0.39 is 20.9 Å². The van der Waals surface area contributed by atoms with Crippen LogP contribution in [0.3, 0.4) is 0 Å². The molecular weight excluding hydrogens is 260 g/mol. The minimum atomic E-state index is -1.18. The van der Waals surface area contributed by atoms with Crippen molar-refractivity contribution in [1.29, 1.82) is 0 Å². The summed E-state index contributed by atoms with van der Waals surface area (Å²) in [6.07, 6.45) is 0. The first-order valence-corrected chi connectivity index (χ1v) is 5.38. The van der Waals surface area contributed by atoms with E-state index >= 15 is 0 Å². The van der Waals surface area contributed by atoms with Crippen molar-refractivity contribution in [2.24, 2.45) is 0 Å². The zero-order chi connectivity index (χ0) is 9.02. The van der Waals surface area contributed by atoms with Crippen molar-refractivity contribution in [1.82, 2.24) is 9.80 Å². The molecule has 64 valence electrons. The molecule has 0 saturated heterocycles. The fraction of sp³-hybridized carbons (Fsp3) is 0.667. The Bertz CT molecular complexity index is 150. The van der Waals surface area contributed by atoms with Crippen molar-refractivity contribution in [2.75, 3.05) is 28.2 Å². The Kier molecular flexibility index (Phi) is 4.46. The van der Waals surface area contributed by atoms with E-state index in [-0.39, 0.29) is 7.91 Å². The first-order valence-electron chi connectivity index (χ1n) is 3.05. The average Bonchev–Trinajstić information content (AvgIpc) is 1.87. The molecule has 2 amide bonds. The van der Waals surface area contributed by atoms with Crippen LogP contribution in [0.5, 0.6) is 0 Å². The summed E-state index contributed by atoms with van der Waals surface area (Å²) >= 11 is -1.18. The summed E-state index contributed by atoms with van der Waals surface area (Å²) < 4.78 is -0.0665. The van der Waals surface area contributed by atoms with Gasteiger partial charge in [0.15, 0.2) is 0 Å². The van der Waals surface area contributed by atoms with Crippen LogP contribution in [-0.2, 0) is 0 Å². The van der Waals surface area contributed by atoms with Crippen LogP contribution in [0.15, 0.2) is 0 Å². The van der Waals surface area contributed by atoms with E-state index in [0.717, 1.165) is 0 Å². The summed E-state index contributed by atoms with van der Waals surface area (Å²) in [7, 11) is 6.65. The molecule has 0 atom stereocenters. The second-order valence-electron chi connectivity index (χ2n) is 2.42. The predicted molar refractivity (Wildman–Crippen MR) is 43.9 cm³/mol. The van der Waals surface area contributed by atoms with Gasteiger partial charge in [0.05, 0.1) is 0 Å². The van der Waals surface area contributed by atoms with Gasteiger partial charge < -0.3 is 0 Å². The van der Waals surface area contributed by atoms with Gasteiger partial charge in [-0.25, -0.2) is 0 Å². The molecule has 0 N–H and O–H groups in total. The maximum absolute atomic E-state index is 11.0. The maximum atomic E-state index is 11.0. The van der Waals surface area contributed by atoms with Gasteiger partial charge in [-0.15, -0.1) is 0 Å². The van der Waals surface area contributed by atoms with Crippen molar-refractivity contribution >= 4 is 28.8 Å². The van der Waals surface area contributed by atoms with Crippen LogP contribution in [-0.4, -0.2) is 66.8 Å². The number of carbonyl (C=O) groups excluding carboxylic acids is 2. The third-order valence-corrected chi connectivity index (χ3v) is 3.99. The quantitative estimate of drug-likeness (QED) is 0.666. The average molecular weight is 272 g/mol. The number of hydrogen-bond donors (Lipinski definition) is 0. The third-order valence-electron chi connectivity index (χ3n) is 0.905. The van der Waals surface area contributed by atoms with Gasteiger partial charge in [-0.1, -0.05) is 0 Å². The molecular formula is C6H12N2O2Te. The van der Waals surface area contributed by atoms with Crippen LogP contribution in [0.1, 0.15) is 0 Å². The fourth-order valence-electron chi connectivity index (χ4n) is 0.257. The van der Waals surface area contributed by atoms with Gasteiger partial charge in [0.1, 0.15) is 0 Å². The zero-order valence-corrected chi connectivity index (χ0v) is 9.45. The van der Waals surface area contributed by atoms with E-state index in [2.05, 4.69) is 0 Å². The molecule has 0 spiro atoms. The second kappa shape index (κ2) is 4.58. The Morgan fingerprint density at radius 3 is 1.36 bits per heavy atom. The summed E-state index contributed by atoms with van der Waals surface area (Å²) in [5.74, 6) is 0. The van der Waals surface area contributed by atoms with Crippen LogP contribution in [0.25, 0.3) is 0 Å². The van der Waals surface area contributed by atoms with E-state index in [1.165, 1.54) is 9.80 Å². The molecule has 0 aromatic carbocycles. The molecule has 0 aliphatic carbocycles. The van der Waals surface area contributed by atoms with Gasteiger partial charge in [0.25, 0.3) is 0 Å². The van der Waals surface area contributed by atoms with Gasteiger partial charge in [-0.05, 0) is 0 Å². The van der Waals surface area contributed by atoms with Crippen molar-refractivity contribution in [3.05, 3.63) is 0 Å². The molecule has 0 saturated carbocycles. The predicted octanol–water partition coefficient (Wildman–Crippen LogP) is 0.0538. The molecule has 0 bridgehead atoms. The van der Waals surface area contributed by atoms with Crippen LogP contribution >= 0.6 is 0 Å².